The monoisotopic (exact) mass is 238 g/mol. The zero-order valence-electron chi connectivity index (χ0n) is 10.7. The molecule has 1 aromatic heterocycles. The lowest BCUT2D eigenvalue weighted by Gasteiger charge is -2.18. The maximum atomic E-state index is 8.93. The van der Waals surface area contributed by atoms with E-state index in [4.69, 9.17) is 5.11 Å². The maximum Gasteiger partial charge on any atom is 0.108 e. The largest absolute Gasteiger partial charge is 0.390 e. The Kier molecular flexibility index (Phi) is 4.12. The summed E-state index contributed by atoms with van der Waals surface area (Å²) >= 11 is 0. The number of likely N-dealkylation sites (tertiary alicyclic amines) is 1. The second-order valence-electron chi connectivity index (χ2n) is 5.40. The first-order valence-corrected chi connectivity index (χ1v) is 6.39. The summed E-state index contributed by atoms with van der Waals surface area (Å²) in [6, 6.07) is 0. The minimum absolute atomic E-state index is 0.0237. The molecule has 96 valence electrons. The number of hydrogen-bond acceptors (Lipinski definition) is 4. The summed E-state index contributed by atoms with van der Waals surface area (Å²) in [4.78, 5) is 2.53. The second kappa shape index (κ2) is 5.60. The third kappa shape index (κ3) is 3.51. The number of aliphatic hydroxyl groups excluding tert-OH is 1. The molecule has 0 spiro atoms. The van der Waals surface area contributed by atoms with Crippen molar-refractivity contribution in [1.29, 1.82) is 0 Å². The highest BCUT2D eigenvalue weighted by atomic mass is 16.3. The Labute approximate surface area is 102 Å². The molecule has 17 heavy (non-hydrogen) atoms. The lowest BCUT2D eigenvalue weighted by atomic mass is 10.1. The van der Waals surface area contributed by atoms with E-state index in [2.05, 4.69) is 29.1 Å². The van der Waals surface area contributed by atoms with Crippen LogP contribution in [0.5, 0.6) is 0 Å². The van der Waals surface area contributed by atoms with Gasteiger partial charge in [-0.1, -0.05) is 19.1 Å². The van der Waals surface area contributed by atoms with Gasteiger partial charge in [0.25, 0.3) is 0 Å². The van der Waals surface area contributed by atoms with Crippen molar-refractivity contribution in [2.45, 2.75) is 33.4 Å². The van der Waals surface area contributed by atoms with Crippen molar-refractivity contribution in [1.82, 2.24) is 19.9 Å². The van der Waals surface area contributed by atoms with E-state index in [1.807, 2.05) is 10.9 Å². The number of hydrogen-bond donors (Lipinski definition) is 1. The van der Waals surface area contributed by atoms with Gasteiger partial charge in [-0.05, 0) is 24.8 Å². The average molecular weight is 238 g/mol. The van der Waals surface area contributed by atoms with Crippen LogP contribution in [-0.4, -0.2) is 44.6 Å². The minimum Gasteiger partial charge on any atom is -0.390 e. The van der Waals surface area contributed by atoms with Crippen LogP contribution in [0, 0.1) is 11.8 Å². The summed E-state index contributed by atoms with van der Waals surface area (Å²) in [7, 11) is 0. The Hall–Kier alpha value is -0.940. The second-order valence-corrected chi connectivity index (χ2v) is 5.40. The topological polar surface area (TPSA) is 54.2 Å². The van der Waals surface area contributed by atoms with E-state index in [-0.39, 0.29) is 6.61 Å². The smallest absolute Gasteiger partial charge is 0.108 e. The van der Waals surface area contributed by atoms with Crippen LogP contribution >= 0.6 is 0 Å². The van der Waals surface area contributed by atoms with Crippen molar-refractivity contribution in [3.8, 4) is 0 Å². The molecule has 0 amide bonds. The molecule has 1 N–H and O–H groups in total. The molecule has 0 radical (unpaired) electrons. The fourth-order valence-electron chi connectivity index (χ4n) is 2.51. The summed E-state index contributed by atoms with van der Waals surface area (Å²) in [5.41, 5.74) is 0.655. The molecule has 2 heterocycles. The molecule has 0 saturated carbocycles. The standard InChI is InChI=1S/C12H22N4O/c1-10(2)5-15-4-3-11(6-15)7-16-8-12(9-17)13-14-16/h8,10-11,17H,3-7,9H2,1-2H3/t11-/m0/s1. The van der Waals surface area contributed by atoms with Gasteiger partial charge in [0, 0.05) is 19.6 Å². The van der Waals surface area contributed by atoms with Crippen molar-refractivity contribution in [2.75, 3.05) is 19.6 Å². The highest BCUT2D eigenvalue weighted by molar-refractivity contribution is 4.89. The van der Waals surface area contributed by atoms with Gasteiger partial charge in [0.2, 0.25) is 0 Å². The molecule has 5 nitrogen and oxygen atoms in total. The summed E-state index contributed by atoms with van der Waals surface area (Å²) in [6.45, 7) is 8.97. The van der Waals surface area contributed by atoms with Gasteiger partial charge in [0.15, 0.2) is 0 Å². The van der Waals surface area contributed by atoms with Crippen LogP contribution in [0.4, 0.5) is 0 Å². The number of rotatable bonds is 5. The molecule has 1 fully saturated rings. The maximum absolute atomic E-state index is 8.93. The first-order valence-electron chi connectivity index (χ1n) is 6.39. The quantitative estimate of drug-likeness (QED) is 0.822. The molecule has 1 aromatic rings. The first-order chi connectivity index (χ1) is 8.17. The highest BCUT2D eigenvalue weighted by Crippen LogP contribution is 2.18. The molecule has 0 unspecified atom stereocenters. The van der Waals surface area contributed by atoms with Gasteiger partial charge in [-0.2, -0.15) is 0 Å². The fourth-order valence-corrected chi connectivity index (χ4v) is 2.51. The minimum atomic E-state index is -0.0237. The molecule has 0 aliphatic carbocycles. The van der Waals surface area contributed by atoms with Crippen molar-refractivity contribution in [3.63, 3.8) is 0 Å². The lowest BCUT2D eigenvalue weighted by Crippen LogP contribution is -2.26. The van der Waals surface area contributed by atoms with E-state index in [0.717, 1.165) is 19.0 Å². The number of nitrogens with zero attached hydrogens (tertiary/aromatic N) is 4. The molecule has 5 heteroatoms. The van der Waals surface area contributed by atoms with Gasteiger partial charge in [-0.3, -0.25) is 4.68 Å². The molecule has 1 aliphatic rings. The molecule has 1 saturated heterocycles. The van der Waals surface area contributed by atoms with Crippen LogP contribution in [-0.2, 0) is 13.2 Å². The van der Waals surface area contributed by atoms with Gasteiger partial charge < -0.3 is 10.0 Å². The highest BCUT2D eigenvalue weighted by Gasteiger charge is 2.23. The van der Waals surface area contributed by atoms with Gasteiger partial charge in [0.1, 0.15) is 5.69 Å². The predicted octanol–water partition coefficient (Wildman–Crippen LogP) is 0.748. The van der Waals surface area contributed by atoms with E-state index >= 15 is 0 Å². The van der Waals surface area contributed by atoms with Crippen LogP contribution in [0.1, 0.15) is 26.0 Å². The van der Waals surface area contributed by atoms with Crippen molar-refractivity contribution >= 4 is 0 Å². The van der Waals surface area contributed by atoms with Crippen LogP contribution in [0.3, 0.4) is 0 Å². The summed E-state index contributed by atoms with van der Waals surface area (Å²) in [5.74, 6) is 1.41. The van der Waals surface area contributed by atoms with Gasteiger partial charge in [-0.15, -0.1) is 5.10 Å². The summed E-state index contributed by atoms with van der Waals surface area (Å²) in [5, 5.41) is 16.8. The van der Waals surface area contributed by atoms with E-state index in [9.17, 15) is 0 Å². The Balaban J connectivity index is 1.81. The van der Waals surface area contributed by atoms with Gasteiger partial charge >= 0.3 is 0 Å². The molecule has 0 bridgehead atoms. The SMILES string of the molecule is CC(C)CN1CC[C@H](Cn2cc(CO)nn2)C1. The Morgan fingerprint density at radius 2 is 2.35 bits per heavy atom. The zero-order chi connectivity index (χ0) is 12.3. The van der Waals surface area contributed by atoms with E-state index in [0.29, 0.717) is 11.6 Å². The predicted molar refractivity (Wildman–Crippen MR) is 65.3 cm³/mol. The fraction of sp³-hybridized carbons (Fsp3) is 0.833. The molecule has 1 atom stereocenters. The summed E-state index contributed by atoms with van der Waals surface area (Å²) < 4.78 is 1.86. The Morgan fingerprint density at radius 1 is 1.53 bits per heavy atom. The van der Waals surface area contributed by atoms with Crippen LogP contribution < -0.4 is 0 Å². The van der Waals surface area contributed by atoms with Crippen LogP contribution in [0.2, 0.25) is 0 Å². The summed E-state index contributed by atoms with van der Waals surface area (Å²) in [6.07, 6.45) is 3.08. The number of aromatic nitrogens is 3. The average Bonchev–Trinajstić information content (AvgIpc) is 2.88. The molecule has 0 aromatic carbocycles. The Bertz CT molecular complexity index is 350. The van der Waals surface area contributed by atoms with Gasteiger partial charge in [0.05, 0.1) is 12.8 Å². The van der Waals surface area contributed by atoms with Crippen molar-refractivity contribution in [3.05, 3.63) is 11.9 Å². The molecular formula is C12H22N4O. The van der Waals surface area contributed by atoms with Gasteiger partial charge in [-0.25, -0.2) is 0 Å². The number of aliphatic hydroxyl groups is 1. The molecule has 1 aliphatic heterocycles. The Morgan fingerprint density at radius 3 is 3.00 bits per heavy atom. The van der Waals surface area contributed by atoms with Crippen molar-refractivity contribution < 1.29 is 5.11 Å². The lowest BCUT2D eigenvalue weighted by molar-refractivity contribution is 0.276. The van der Waals surface area contributed by atoms with Crippen LogP contribution in [0.15, 0.2) is 6.20 Å². The van der Waals surface area contributed by atoms with Crippen LogP contribution in [0.25, 0.3) is 0 Å². The molecule has 2 rings (SSSR count). The van der Waals surface area contributed by atoms with Crippen molar-refractivity contribution in [2.24, 2.45) is 11.8 Å². The first kappa shape index (κ1) is 12.5. The van der Waals surface area contributed by atoms with E-state index < -0.39 is 0 Å². The van der Waals surface area contributed by atoms with E-state index in [1.165, 1.54) is 19.5 Å². The third-order valence-electron chi connectivity index (χ3n) is 3.19. The molecular weight excluding hydrogens is 216 g/mol. The van der Waals surface area contributed by atoms with E-state index in [1.54, 1.807) is 0 Å². The third-order valence-corrected chi connectivity index (χ3v) is 3.19. The zero-order valence-corrected chi connectivity index (χ0v) is 10.7. The normalized spacial score (nSPS) is 21.5.